The van der Waals surface area contributed by atoms with Crippen LogP contribution in [0.2, 0.25) is 0 Å². The van der Waals surface area contributed by atoms with Crippen LogP contribution in [0.5, 0.6) is 0 Å². The van der Waals surface area contributed by atoms with E-state index in [2.05, 4.69) is 24.9 Å². The molecule has 5 heterocycles. The third-order valence-electron chi connectivity index (χ3n) is 6.04. The number of aliphatic hydroxyl groups excluding tert-OH is 2. The summed E-state index contributed by atoms with van der Waals surface area (Å²) in [7, 11) is -5.01. The topological polar surface area (TPSA) is 281 Å². The number of anilines is 2. The first-order valence-corrected chi connectivity index (χ1v) is 12.7. The summed E-state index contributed by atoms with van der Waals surface area (Å²) in [6.07, 6.45) is -4.16. The van der Waals surface area contributed by atoms with E-state index < -0.39 is 69.2 Å². The summed E-state index contributed by atoms with van der Waals surface area (Å²) in [6, 6.07) is 0. The number of fused-ring (bicyclic) bond motifs is 1. The number of H-pyrrole nitrogens is 1. The summed E-state index contributed by atoms with van der Waals surface area (Å²) in [5, 5.41) is 20.0. The van der Waals surface area contributed by atoms with Crippen molar-refractivity contribution in [2.45, 2.75) is 49.7 Å². The Morgan fingerprint density at radius 2 is 1.82 bits per heavy atom. The molecule has 0 radical (unpaired) electrons. The van der Waals surface area contributed by atoms with Crippen LogP contribution in [0, 0.1) is 0 Å². The fourth-order valence-corrected chi connectivity index (χ4v) is 5.19. The van der Waals surface area contributed by atoms with Crippen molar-refractivity contribution < 1.29 is 67.8 Å². The van der Waals surface area contributed by atoms with Gasteiger partial charge in [-0.2, -0.15) is 9.97 Å². The normalized spacial score (nSPS) is 28.4. The number of nitrogen functional groups attached to an aromatic ring is 2. The summed E-state index contributed by atoms with van der Waals surface area (Å²) >= 11 is 0. The molecule has 7 N–H and O–H groups in total. The molecule has 21 heteroatoms. The van der Waals surface area contributed by atoms with Crippen LogP contribution < -0.4 is 57.2 Å². The van der Waals surface area contributed by atoms with E-state index in [1.807, 2.05) is 0 Å². The van der Waals surface area contributed by atoms with Gasteiger partial charge < -0.3 is 45.1 Å². The van der Waals surface area contributed by atoms with E-state index >= 15 is 0 Å². The first kappa shape index (κ1) is 29.7. The minimum absolute atomic E-state index is 0. The van der Waals surface area contributed by atoms with Crippen LogP contribution in [0.4, 0.5) is 11.9 Å². The molecule has 39 heavy (non-hydrogen) atoms. The predicted molar refractivity (Wildman–Crippen MR) is 122 cm³/mol. The third-order valence-corrected chi connectivity index (χ3v) is 7.04. The van der Waals surface area contributed by atoms with Crippen LogP contribution in [-0.2, 0) is 23.1 Å². The van der Waals surface area contributed by atoms with Gasteiger partial charge in [-0.25, -0.2) is 14.8 Å². The molecule has 206 valence electrons. The number of nitrogens with zero attached hydrogens (tertiary/aromatic N) is 6. The van der Waals surface area contributed by atoms with Gasteiger partial charge in [-0.05, 0) is 0 Å². The molecule has 19 nitrogen and oxygen atoms in total. The Hall–Kier alpha value is -2.29. The molecule has 2 aliphatic heterocycles. The molecule has 3 aromatic heterocycles. The average Bonchev–Trinajstić information content (AvgIpc) is 3.54. The molecule has 0 spiro atoms. The maximum absolute atomic E-state index is 12.5. The van der Waals surface area contributed by atoms with Crippen molar-refractivity contribution in [3.63, 3.8) is 0 Å². The summed E-state index contributed by atoms with van der Waals surface area (Å²) in [5.41, 5.74) is 9.76. The molecule has 0 bridgehead atoms. The minimum atomic E-state index is -5.01. The van der Waals surface area contributed by atoms with Gasteiger partial charge in [0.25, 0.3) is 13.4 Å². The van der Waals surface area contributed by atoms with E-state index in [1.165, 1.54) is 10.9 Å². The standard InChI is InChI=1S/C18H24N9O10P.Na/c19-16-22-6-27(18(31)25-16)12-2-8(9(3-28)35-12)37-38(32,33)34-4-10-7(29)1-11(36-10)26-5-21-13-14(26)23-17(20)24-15(13)30;/h5-12,28-29H,1-4H2,(H,32,33)(H2,19,25,31)(H3,20,23,24,30);/q;+1/p-1/t7-,8-,9+,10+,11-,12+;/m0./s1. The fourth-order valence-electron chi connectivity index (χ4n) is 4.25. The largest absolute Gasteiger partial charge is 1.00 e. The maximum Gasteiger partial charge on any atom is 1.00 e. The SMILES string of the molecule is Nc1ncn([C@H]2C[C@H](OP(=O)([O-])OC[C@H]3O[C@H](n4cnc5c(=O)[nH]c(N)nc54)C[C@@H]3O)[C@@H](CO)O2)c(=O)n1.[Na+]. The molecule has 5 rings (SSSR count). The minimum Gasteiger partial charge on any atom is -0.756 e. The van der Waals surface area contributed by atoms with Crippen LogP contribution >= 0.6 is 7.82 Å². The summed E-state index contributed by atoms with van der Waals surface area (Å²) < 4.78 is 36.2. The average molecular weight is 579 g/mol. The number of phosphoric acid groups is 1. The number of rotatable bonds is 8. The zero-order valence-corrected chi connectivity index (χ0v) is 23.3. The summed E-state index contributed by atoms with van der Waals surface area (Å²) in [4.78, 5) is 54.1. The van der Waals surface area contributed by atoms with Gasteiger partial charge in [-0.1, -0.05) is 0 Å². The number of nitrogens with one attached hydrogen (secondary N) is 1. The number of aromatic amines is 1. The zero-order chi connectivity index (χ0) is 27.2. The molecule has 2 fully saturated rings. The molecule has 0 aromatic carbocycles. The molecule has 0 amide bonds. The van der Waals surface area contributed by atoms with Crippen LogP contribution in [0.25, 0.3) is 11.2 Å². The van der Waals surface area contributed by atoms with Crippen molar-refractivity contribution in [2.24, 2.45) is 0 Å². The number of nitrogens with two attached hydrogens (primary N) is 2. The fraction of sp³-hybridized carbons (Fsp3) is 0.556. The van der Waals surface area contributed by atoms with E-state index in [9.17, 15) is 29.3 Å². The van der Waals surface area contributed by atoms with Gasteiger partial charge in [0.1, 0.15) is 31.0 Å². The molecular formula is C18H23N9NaO10P. The molecule has 3 aromatic rings. The van der Waals surface area contributed by atoms with Gasteiger partial charge >= 0.3 is 35.2 Å². The van der Waals surface area contributed by atoms with Gasteiger partial charge in [-0.3, -0.25) is 23.5 Å². The van der Waals surface area contributed by atoms with E-state index in [0.717, 1.165) is 10.9 Å². The molecule has 2 saturated heterocycles. The smallest absolute Gasteiger partial charge is 0.756 e. The number of imidazole rings is 1. The molecule has 1 unspecified atom stereocenters. The molecule has 0 aliphatic carbocycles. The number of aromatic nitrogens is 7. The molecule has 2 aliphatic rings. The van der Waals surface area contributed by atoms with Crippen molar-refractivity contribution in [2.75, 3.05) is 24.7 Å². The number of aliphatic hydroxyl groups is 2. The van der Waals surface area contributed by atoms with Gasteiger partial charge in [0, 0.05) is 12.8 Å². The van der Waals surface area contributed by atoms with Gasteiger partial charge in [0.05, 0.1) is 31.7 Å². The molecule has 7 atom stereocenters. The Morgan fingerprint density at radius 1 is 1.13 bits per heavy atom. The Morgan fingerprint density at radius 3 is 2.54 bits per heavy atom. The van der Waals surface area contributed by atoms with Crippen molar-refractivity contribution in [1.29, 1.82) is 0 Å². The number of hydrogen-bond donors (Lipinski definition) is 5. The number of hydrogen-bond acceptors (Lipinski definition) is 16. The Bertz CT molecular complexity index is 1500. The Balaban J connectivity index is 0.00000353. The summed E-state index contributed by atoms with van der Waals surface area (Å²) in [6.45, 7) is -1.22. The quantitative estimate of drug-likeness (QED) is 0.122. The zero-order valence-electron chi connectivity index (χ0n) is 20.4. The van der Waals surface area contributed by atoms with Crippen LogP contribution in [0.15, 0.2) is 22.2 Å². The molecule has 0 saturated carbocycles. The summed E-state index contributed by atoms with van der Waals surface area (Å²) in [5.74, 6) is -0.387. The van der Waals surface area contributed by atoms with E-state index in [4.69, 9.17) is 30.0 Å². The van der Waals surface area contributed by atoms with Crippen LogP contribution in [0.3, 0.4) is 0 Å². The first-order chi connectivity index (χ1) is 18.0. The van der Waals surface area contributed by atoms with E-state index in [-0.39, 0.29) is 65.5 Å². The van der Waals surface area contributed by atoms with Gasteiger partial charge in [0.15, 0.2) is 11.2 Å². The van der Waals surface area contributed by atoms with Gasteiger partial charge in [-0.15, -0.1) is 0 Å². The van der Waals surface area contributed by atoms with Crippen molar-refractivity contribution in [1.82, 2.24) is 34.1 Å². The maximum atomic E-state index is 12.5. The van der Waals surface area contributed by atoms with Crippen molar-refractivity contribution >= 4 is 30.9 Å². The second-order valence-electron chi connectivity index (χ2n) is 8.55. The molecular weight excluding hydrogens is 556 g/mol. The Labute approximate surface area is 240 Å². The third kappa shape index (κ3) is 6.23. The van der Waals surface area contributed by atoms with Crippen LogP contribution in [-0.4, -0.2) is 81.9 Å². The van der Waals surface area contributed by atoms with Gasteiger partial charge in [0.2, 0.25) is 11.9 Å². The van der Waals surface area contributed by atoms with E-state index in [1.54, 1.807) is 0 Å². The van der Waals surface area contributed by atoms with Crippen LogP contribution in [0.1, 0.15) is 25.3 Å². The number of phosphoric ester groups is 1. The first-order valence-electron chi connectivity index (χ1n) is 11.2. The Kier molecular flexibility index (Phi) is 8.89. The second kappa shape index (κ2) is 11.7. The van der Waals surface area contributed by atoms with E-state index in [0.29, 0.717) is 0 Å². The monoisotopic (exact) mass is 579 g/mol. The second-order valence-corrected chi connectivity index (χ2v) is 9.91. The number of ether oxygens (including phenoxy) is 2. The van der Waals surface area contributed by atoms with Crippen molar-refractivity contribution in [3.05, 3.63) is 33.5 Å². The predicted octanol–water partition coefficient (Wildman–Crippen LogP) is -6.26. The van der Waals surface area contributed by atoms with Crippen molar-refractivity contribution in [3.8, 4) is 0 Å².